The number of nitrogens with zero attached hydrogens (tertiary/aromatic N) is 2. The Bertz CT molecular complexity index is 1190. The fourth-order valence-corrected chi connectivity index (χ4v) is 3.58. The van der Waals surface area contributed by atoms with E-state index >= 15 is 0 Å². The summed E-state index contributed by atoms with van der Waals surface area (Å²) < 4.78 is 17.4. The molecular weight excluding hydrogens is 456 g/mol. The van der Waals surface area contributed by atoms with E-state index < -0.39 is 29.7 Å². The molecule has 0 aliphatic carbocycles. The number of hydrogen-bond donors (Lipinski definition) is 2. The lowest BCUT2D eigenvalue weighted by Crippen LogP contribution is -2.43. The summed E-state index contributed by atoms with van der Waals surface area (Å²) in [5, 5.41) is 0. The summed E-state index contributed by atoms with van der Waals surface area (Å²) in [6, 6.07) is 4.61. The number of rotatable bonds is 10. The second-order valence-corrected chi connectivity index (χ2v) is 8.66. The summed E-state index contributed by atoms with van der Waals surface area (Å²) in [6.45, 7) is 6.55. The Hall–Kier alpha value is -3.76. The van der Waals surface area contributed by atoms with Gasteiger partial charge in [-0.15, -0.1) is 0 Å². The molecule has 1 aromatic carbocycles. The largest absolute Gasteiger partial charge is 0.486 e. The lowest BCUT2D eigenvalue weighted by atomic mass is 10.1. The van der Waals surface area contributed by atoms with Gasteiger partial charge in [0, 0.05) is 13.1 Å². The van der Waals surface area contributed by atoms with Crippen LogP contribution in [-0.4, -0.2) is 47.8 Å². The van der Waals surface area contributed by atoms with Crippen LogP contribution in [0.2, 0.25) is 0 Å². The molecule has 0 radical (unpaired) electrons. The van der Waals surface area contributed by atoms with Crippen LogP contribution in [0.5, 0.6) is 11.5 Å². The molecule has 0 fully saturated rings. The van der Waals surface area contributed by atoms with E-state index in [0.717, 1.165) is 6.42 Å². The number of anilines is 2. The Balaban J connectivity index is 1.82. The molecule has 1 aromatic heterocycles. The molecule has 3 N–H and O–H groups in total. The minimum Gasteiger partial charge on any atom is -0.486 e. The number of nitrogen functional groups attached to an aromatic ring is 1. The molecule has 0 atom stereocenters. The summed E-state index contributed by atoms with van der Waals surface area (Å²) in [4.78, 5) is 54.1. The number of hydrogen-bond acceptors (Lipinski definition) is 8. The lowest BCUT2D eigenvalue weighted by molar-refractivity contribution is -0.121. The van der Waals surface area contributed by atoms with Crippen LogP contribution < -0.4 is 31.4 Å². The minimum absolute atomic E-state index is 0.0949. The van der Waals surface area contributed by atoms with Gasteiger partial charge in [-0.25, -0.2) is 9.59 Å². The zero-order valence-electron chi connectivity index (χ0n) is 20.3. The maximum atomic E-state index is 13.1. The zero-order valence-corrected chi connectivity index (χ0v) is 20.3. The number of carbonyl (C=O) groups is 2. The second kappa shape index (κ2) is 11.6. The molecule has 1 aliphatic heterocycles. The van der Waals surface area contributed by atoms with Crippen LogP contribution in [0.15, 0.2) is 27.8 Å². The summed E-state index contributed by atoms with van der Waals surface area (Å²) in [5.41, 5.74) is 4.87. The molecule has 0 spiro atoms. The number of benzene rings is 1. The number of aromatic nitrogens is 2. The van der Waals surface area contributed by atoms with Crippen molar-refractivity contribution in [2.24, 2.45) is 5.92 Å². The molecule has 11 nitrogen and oxygen atoms in total. The Morgan fingerprint density at radius 3 is 2.60 bits per heavy atom. The number of carbonyl (C=O) groups excluding carboxylic acids is 2. The third-order valence-corrected chi connectivity index (χ3v) is 5.56. The van der Waals surface area contributed by atoms with E-state index in [2.05, 4.69) is 4.98 Å². The highest BCUT2D eigenvalue weighted by atomic mass is 16.6. The second-order valence-electron chi connectivity index (χ2n) is 8.66. The van der Waals surface area contributed by atoms with Crippen LogP contribution in [0, 0.1) is 5.92 Å². The van der Waals surface area contributed by atoms with E-state index in [0.29, 0.717) is 44.1 Å². The molecule has 0 bridgehead atoms. The number of fused-ring (bicyclic) bond motifs is 1. The molecule has 0 saturated carbocycles. The van der Waals surface area contributed by atoms with Crippen molar-refractivity contribution in [3.8, 4) is 11.5 Å². The third-order valence-electron chi connectivity index (χ3n) is 5.56. The van der Waals surface area contributed by atoms with Gasteiger partial charge >= 0.3 is 11.7 Å². The highest BCUT2D eigenvalue weighted by Crippen LogP contribution is 2.31. The average Bonchev–Trinajstić information content (AvgIpc) is 2.83. The molecule has 2 heterocycles. The first kappa shape index (κ1) is 25.9. The number of unbranched alkanes of at least 4 members (excludes halogenated alkanes) is 1. The zero-order chi connectivity index (χ0) is 25.5. The lowest BCUT2D eigenvalue weighted by Gasteiger charge is -2.25. The number of nitrogens with one attached hydrogen (secondary N) is 1. The van der Waals surface area contributed by atoms with Gasteiger partial charge in [0.1, 0.15) is 19.0 Å². The quantitative estimate of drug-likeness (QED) is 0.483. The van der Waals surface area contributed by atoms with Gasteiger partial charge in [0.25, 0.3) is 11.5 Å². The van der Waals surface area contributed by atoms with Crippen LogP contribution in [0.4, 0.5) is 11.5 Å². The molecular formula is C24H32N4O7. The molecule has 190 valence electrons. The van der Waals surface area contributed by atoms with Gasteiger partial charge in [-0.1, -0.05) is 27.2 Å². The van der Waals surface area contributed by atoms with Gasteiger partial charge in [0.05, 0.1) is 5.56 Å². The molecule has 3 rings (SSSR count). The fourth-order valence-electron chi connectivity index (χ4n) is 3.58. The normalized spacial score (nSPS) is 12.5. The van der Waals surface area contributed by atoms with Crippen molar-refractivity contribution in [2.75, 3.05) is 37.0 Å². The van der Waals surface area contributed by atoms with E-state index in [1.165, 1.54) is 21.6 Å². The maximum absolute atomic E-state index is 13.1. The van der Waals surface area contributed by atoms with Crippen molar-refractivity contribution in [3.05, 3.63) is 44.6 Å². The van der Waals surface area contributed by atoms with Gasteiger partial charge in [0.15, 0.2) is 23.8 Å². The monoisotopic (exact) mass is 488 g/mol. The molecule has 11 heteroatoms. The summed E-state index contributed by atoms with van der Waals surface area (Å²) in [7, 11) is 0. The standard InChI is InChI=1S/C24H32N4O7/c1-4-5-9-28-21(25)20(22(30)26-24(28)32)27(10-8-15(2)3)19(29)14-35-23(31)16-6-7-17-18(13-16)34-12-11-33-17/h6-7,13,15H,4-5,8-12,14,25H2,1-3H3,(H,26,30,32). The first-order valence-electron chi connectivity index (χ1n) is 11.7. The van der Waals surface area contributed by atoms with E-state index in [9.17, 15) is 19.2 Å². The number of aromatic amines is 1. The van der Waals surface area contributed by atoms with Gasteiger partial charge < -0.3 is 24.8 Å². The summed E-state index contributed by atoms with van der Waals surface area (Å²) in [6.07, 6.45) is 2.05. The van der Waals surface area contributed by atoms with Crippen molar-refractivity contribution >= 4 is 23.4 Å². The molecule has 0 saturated heterocycles. The van der Waals surface area contributed by atoms with Crippen molar-refractivity contribution in [1.82, 2.24) is 9.55 Å². The first-order chi connectivity index (χ1) is 16.7. The smallest absolute Gasteiger partial charge is 0.338 e. The first-order valence-corrected chi connectivity index (χ1v) is 11.7. The van der Waals surface area contributed by atoms with E-state index in [1.54, 1.807) is 6.07 Å². The highest BCUT2D eigenvalue weighted by molar-refractivity contribution is 5.98. The average molecular weight is 489 g/mol. The number of amides is 1. The van der Waals surface area contributed by atoms with Gasteiger partial charge in [0.2, 0.25) is 0 Å². The minimum atomic E-state index is -0.768. The van der Waals surface area contributed by atoms with Crippen LogP contribution in [0.1, 0.15) is 50.4 Å². The predicted octanol–water partition coefficient (Wildman–Crippen LogP) is 1.93. The summed E-state index contributed by atoms with van der Waals surface area (Å²) in [5.74, 6) is -0.288. The van der Waals surface area contributed by atoms with E-state index in [-0.39, 0.29) is 29.5 Å². The van der Waals surface area contributed by atoms with Gasteiger partial charge in [-0.2, -0.15) is 0 Å². The van der Waals surface area contributed by atoms with Crippen LogP contribution in [-0.2, 0) is 16.1 Å². The third kappa shape index (κ3) is 6.23. The molecule has 35 heavy (non-hydrogen) atoms. The predicted molar refractivity (Wildman–Crippen MR) is 130 cm³/mol. The molecule has 2 aromatic rings. The number of esters is 1. The van der Waals surface area contributed by atoms with E-state index in [4.69, 9.17) is 19.9 Å². The highest BCUT2D eigenvalue weighted by Gasteiger charge is 2.26. The Morgan fingerprint density at radius 2 is 1.91 bits per heavy atom. The Labute approximate surface area is 202 Å². The van der Waals surface area contributed by atoms with Crippen LogP contribution in [0.3, 0.4) is 0 Å². The maximum Gasteiger partial charge on any atom is 0.338 e. The fraction of sp³-hybridized carbons (Fsp3) is 0.500. The Morgan fingerprint density at radius 1 is 1.20 bits per heavy atom. The molecule has 1 aliphatic rings. The molecule has 0 unspecified atom stereocenters. The SMILES string of the molecule is CCCCn1c(N)c(N(CCC(C)C)C(=O)COC(=O)c2ccc3c(c2)OCCO3)c(=O)[nH]c1=O. The van der Waals surface area contributed by atoms with E-state index in [1.807, 2.05) is 20.8 Å². The van der Waals surface area contributed by atoms with Crippen molar-refractivity contribution in [2.45, 2.75) is 46.6 Å². The molecule has 1 amide bonds. The van der Waals surface area contributed by atoms with Crippen LogP contribution in [0.25, 0.3) is 0 Å². The Kier molecular flexibility index (Phi) is 8.56. The number of nitrogens with two attached hydrogens (primary N) is 1. The van der Waals surface area contributed by atoms with Gasteiger partial charge in [-0.3, -0.25) is 19.1 Å². The van der Waals surface area contributed by atoms with Crippen molar-refractivity contribution < 1.29 is 23.8 Å². The summed E-state index contributed by atoms with van der Waals surface area (Å²) >= 11 is 0. The number of ether oxygens (including phenoxy) is 3. The van der Waals surface area contributed by atoms with Crippen LogP contribution >= 0.6 is 0 Å². The number of H-pyrrole nitrogens is 1. The van der Waals surface area contributed by atoms with Crippen molar-refractivity contribution in [3.63, 3.8) is 0 Å². The topological polar surface area (TPSA) is 146 Å². The van der Waals surface area contributed by atoms with Crippen molar-refractivity contribution in [1.29, 1.82) is 0 Å². The van der Waals surface area contributed by atoms with Gasteiger partial charge in [-0.05, 0) is 37.0 Å².